The van der Waals surface area contributed by atoms with E-state index < -0.39 is 0 Å². The van der Waals surface area contributed by atoms with Crippen LogP contribution in [0.5, 0.6) is 5.75 Å². The predicted octanol–water partition coefficient (Wildman–Crippen LogP) is 1.86. The van der Waals surface area contributed by atoms with E-state index in [0.717, 1.165) is 30.2 Å². The van der Waals surface area contributed by atoms with Crippen molar-refractivity contribution in [1.29, 1.82) is 0 Å². The van der Waals surface area contributed by atoms with Gasteiger partial charge in [0, 0.05) is 25.8 Å². The fraction of sp³-hybridized carbons (Fsp3) is 0.333. The highest BCUT2D eigenvalue weighted by Crippen LogP contribution is 2.14. The second kappa shape index (κ2) is 7.79. The van der Waals surface area contributed by atoms with Gasteiger partial charge in [0.25, 0.3) is 5.91 Å². The van der Waals surface area contributed by atoms with Crippen LogP contribution in [0.2, 0.25) is 0 Å². The first-order chi connectivity index (χ1) is 11.8. The van der Waals surface area contributed by atoms with Crippen LogP contribution in [0.25, 0.3) is 0 Å². The summed E-state index contributed by atoms with van der Waals surface area (Å²) in [4.78, 5) is 18.8. The summed E-state index contributed by atoms with van der Waals surface area (Å²) in [7, 11) is 1.63. The van der Waals surface area contributed by atoms with E-state index in [0.29, 0.717) is 25.3 Å². The van der Waals surface area contributed by atoms with Crippen LogP contribution >= 0.6 is 0 Å². The molecule has 0 spiro atoms. The number of anilines is 1. The van der Waals surface area contributed by atoms with Crippen LogP contribution in [-0.2, 0) is 11.3 Å². The topological polar surface area (TPSA) is 63.7 Å². The maximum absolute atomic E-state index is 12.2. The number of aromatic nitrogens is 1. The molecule has 0 aliphatic carbocycles. The van der Waals surface area contributed by atoms with Gasteiger partial charge in [-0.2, -0.15) is 0 Å². The average molecular weight is 327 g/mol. The average Bonchev–Trinajstić information content (AvgIpc) is 2.67. The van der Waals surface area contributed by atoms with Crippen molar-refractivity contribution in [2.24, 2.45) is 0 Å². The van der Waals surface area contributed by atoms with Gasteiger partial charge in [-0.1, -0.05) is 12.1 Å². The highest BCUT2D eigenvalue weighted by molar-refractivity contribution is 5.94. The molecule has 1 N–H and O–H groups in total. The van der Waals surface area contributed by atoms with Crippen molar-refractivity contribution in [3.05, 3.63) is 53.7 Å². The van der Waals surface area contributed by atoms with Crippen molar-refractivity contribution in [1.82, 2.24) is 10.3 Å². The zero-order valence-corrected chi connectivity index (χ0v) is 13.7. The van der Waals surface area contributed by atoms with Crippen molar-refractivity contribution in [3.8, 4) is 5.75 Å². The summed E-state index contributed by atoms with van der Waals surface area (Å²) in [5.74, 6) is 1.55. The molecule has 1 aliphatic heterocycles. The molecule has 0 saturated carbocycles. The molecule has 0 unspecified atom stereocenters. The molecule has 1 aliphatic rings. The highest BCUT2D eigenvalue weighted by Gasteiger charge is 2.13. The summed E-state index contributed by atoms with van der Waals surface area (Å²) in [6.45, 7) is 3.55. The SMILES string of the molecule is COc1ccc(CNC(=O)c2ccc(N3CCOCC3)nc2)cc1. The summed E-state index contributed by atoms with van der Waals surface area (Å²) in [5.41, 5.74) is 1.57. The number of methoxy groups -OCH3 is 1. The van der Waals surface area contributed by atoms with Gasteiger partial charge in [-0.15, -0.1) is 0 Å². The fourth-order valence-corrected chi connectivity index (χ4v) is 2.53. The number of nitrogens with one attached hydrogen (secondary N) is 1. The second-order valence-corrected chi connectivity index (χ2v) is 5.54. The minimum absolute atomic E-state index is 0.133. The Morgan fingerprint density at radius 2 is 1.96 bits per heavy atom. The van der Waals surface area contributed by atoms with E-state index in [2.05, 4.69) is 15.2 Å². The van der Waals surface area contributed by atoms with Gasteiger partial charge in [-0.25, -0.2) is 4.98 Å². The third kappa shape index (κ3) is 4.02. The lowest BCUT2D eigenvalue weighted by Crippen LogP contribution is -2.36. The van der Waals surface area contributed by atoms with Gasteiger partial charge < -0.3 is 19.7 Å². The second-order valence-electron chi connectivity index (χ2n) is 5.54. The van der Waals surface area contributed by atoms with Crippen molar-refractivity contribution in [2.75, 3.05) is 38.3 Å². The number of morpholine rings is 1. The molecule has 24 heavy (non-hydrogen) atoms. The standard InChI is InChI=1S/C18H21N3O3/c1-23-16-5-2-14(3-6-16)12-20-18(22)15-4-7-17(19-13-15)21-8-10-24-11-9-21/h2-7,13H,8-12H2,1H3,(H,20,22). The summed E-state index contributed by atoms with van der Waals surface area (Å²) in [6.07, 6.45) is 1.62. The molecule has 6 nitrogen and oxygen atoms in total. The Morgan fingerprint density at radius 3 is 2.58 bits per heavy atom. The first-order valence-electron chi connectivity index (χ1n) is 7.96. The molecular formula is C18H21N3O3. The molecule has 3 rings (SSSR count). The maximum Gasteiger partial charge on any atom is 0.253 e. The summed E-state index contributed by atoms with van der Waals surface area (Å²) in [5, 5.41) is 2.90. The van der Waals surface area contributed by atoms with E-state index in [4.69, 9.17) is 9.47 Å². The van der Waals surface area contributed by atoms with Gasteiger partial charge >= 0.3 is 0 Å². The van der Waals surface area contributed by atoms with Crippen LogP contribution in [0.3, 0.4) is 0 Å². The van der Waals surface area contributed by atoms with Gasteiger partial charge in [0.1, 0.15) is 11.6 Å². The van der Waals surface area contributed by atoms with E-state index in [1.807, 2.05) is 30.3 Å². The number of pyridine rings is 1. The third-order valence-corrected chi connectivity index (χ3v) is 3.96. The molecule has 1 amide bonds. The fourth-order valence-electron chi connectivity index (χ4n) is 2.53. The number of carbonyl (C=O) groups excluding carboxylic acids is 1. The van der Waals surface area contributed by atoms with Crippen molar-refractivity contribution < 1.29 is 14.3 Å². The normalized spacial score (nSPS) is 14.3. The molecule has 0 atom stereocenters. The Morgan fingerprint density at radius 1 is 1.21 bits per heavy atom. The molecule has 0 radical (unpaired) electrons. The number of amides is 1. The number of ether oxygens (including phenoxy) is 2. The summed E-state index contributed by atoms with van der Waals surface area (Å²) < 4.78 is 10.4. The number of rotatable bonds is 5. The molecule has 1 saturated heterocycles. The molecule has 1 fully saturated rings. The monoisotopic (exact) mass is 327 g/mol. The Balaban J connectivity index is 1.56. The van der Waals surface area contributed by atoms with E-state index in [-0.39, 0.29) is 5.91 Å². The molecule has 2 aromatic rings. The number of nitrogens with zero attached hydrogens (tertiary/aromatic N) is 2. The van der Waals surface area contributed by atoms with Crippen LogP contribution in [-0.4, -0.2) is 44.3 Å². The Bertz CT molecular complexity index is 665. The van der Waals surface area contributed by atoms with E-state index in [1.54, 1.807) is 19.4 Å². The molecule has 1 aromatic carbocycles. The van der Waals surface area contributed by atoms with Gasteiger partial charge in [-0.05, 0) is 29.8 Å². The third-order valence-electron chi connectivity index (χ3n) is 3.96. The first kappa shape index (κ1) is 16.3. The minimum atomic E-state index is -0.133. The summed E-state index contributed by atoms with van der Waals surface area (Å²) in [6, 6.07) is 11.3. The zero-order chi connectivity index (χ0) is 16.8. The number of carbonyl (C=O) groups is 1. The van der Waals surface area contributed by atoms with Crippen LogP contribution in [0.4, 0.5) is 5.82 Å². The van der Waals surface area contributed by atoms with Gasteiger partial charge in [0.05, 0.1) is 25.9 Å². The van der Waals surface area contributed by atoms with Crippen molar-refractivity contribution in [3.63, 3.8) is 0 Å². The largest absolute Gasteiger partial charge is 0.497 e. The van der Waals surface area contributed by atoms with Crippen LogP contribution < -0.4 is 15.0 Å². The molecule has 1 aromatic heterocycles. The lowest BCUT2D eigenvalue weighted by atomic mass is 10.2. The zero-order valence-electron chi connectivity index (χ0n) is 13.7. The Hall–Kier alpha value is -2.60. The van der Waals surface area contributed by atoms with Gasteiger partial charge in [0.15, 0.2) is 0 Å². The number of hydrogen-bond donors (Lipinski definition) is 1. The quantitative estimate of drug-likeness (QED) is 0.908. The smallest absolute Gasteiger partial charge is 0.253 e. The van der Waals surface area contributed by atoms with Crippen LogP contribution in [0.15, 0.2) is 42.6 Å². The van der Waals surface area contributed by atoms with Gasteiger partial charge in [0.2, 0.25) is 0 Å². The molecule has 2 heterocycles. The van der Waals surface area contributed by atoms with Crippen molar-refractivity contribution in [2.45, 2.75) is 6.54 Å². The number of benzene rings is 1. The van der Waals surface area contributed by atoms with Gasteiger partial charge in [-0.3, -0.25) is 4.79 Å². The van der Waals surface area contributed by atoms with Crippen molar-refractivity contribution >= 4 is 11.7 Å². The lowest BCUT2D eigenvalue weighted by molar-refractivity contribution is 0.0950. The van der Waals surface area contributed by atoms with Crippen LogP contribution in [0, 0.1) is 0 Å². The Kier molecular flexibility index (Phi) is 5.28. The van der Waals surface area contributed by atoms with E-state index in [1.165, 1.54) is 0 Å². The predicted molar refractivity (Wildman–Crippen MR) is 91.4 cm³/mol. The lowest BCUT2D eigenvalue weighted by Gasteiger charge is -2.27. The first-order valence-corrected chi connectivity index (χ1v) is 7.96. The highest BCUT2D eigenvalue weighted by atomic mass is 16.5. The maximum atomic E-state index is 12.2. The minimum Gasteiger partial charge on any atom is -0.497 e. The number of hydrogen-bond acceptors (Lipinski definition) is 5. The Labute approximate surface area is 141 Å². The molecule has 0 bridgehead atoms. The molecular weight excluding hydrogens is 306 g/mol. The van der Waals surface area contributed by atoms with Crippen LogP contribution in [0.1, 0.15) is 15.9 Å². The molecule has 6 heteroatoms. The van der Waals surface area contributed by atoms with E-state index >= 15 is 0 Å². The molecule has 126 valence electrons. The summed E-state index contributed by atoms with van der Waals surface area (Å²) >= 11 is 0. The van der Waals surface area contributed by atoms with E-state index in [9.17, 15) is 4.79 Å².